The van der Waals surface area contributed by atoms with Gasteiger partial charge in [-0.05, 0) is 30.5 Å². The number of para-hydroxylation sites is 1. The van der Waals surface area contributed by atoms with Gasteiger partial charge in [0.15, 0.2) is 0 Å². The molecule has 1 aromatic heterocycles. The number of likely N-dealkylation sites (tertiary alicyclic amines) is 1. The molecule has 2 fully saturated rings. The summed E-state index contributed by atoms with van der Waals surface area (Å²) in [6.45, 7) is 5.62. The lowest BCUT2D eigenvalue weighted by molar-refractivity contribution is 0.150. The lowest BCUT2D eigenvalue weighted by Gasteiger charge is -2.39. The topological polar surface area (TPSA) is 53.5 Å². The molecular formula is C27H33N5O. The Morgan fingerprint density at radius 2 is 1.64 bits per heavy atom. The van der Waals surface area contributed by atoms with Crippen LogP contribution in [0.2, 0.25) is 0 Å². The van der Waals surface area contributed by atoms with E-state index >= 15 is 0 Å². The van der Waals surface area contributed by atoms with Crippen molar-refractivity contribution in [2.75, 3.05) is 36.4 Å². The molecule has 0 aliphatic carbocycles. The van der Waals surface area contributed by atoms with Gasteiger partial charge in [0.1, 0.15) is 18.2 Å². The number of hydrogen-bond acceptors (Lipinski definition) is 6. The molecule has 2 saturated heterocycles. The van der Waals surface area contributed by atoms with Crippen molar-refractivity contribution in [2.24, 2.45) is 0 Å². The molecule has 3 heterocycles. The van der Waals surface area contributed by atoms with E-state index in [0.29, 0.717) is 12.6 Å². The predicted molar refractivity (Wildman–Crippen MR) is 133 cm³/mol. The smallest absolute Gasteiger partial charge is 0.224 e. The molecule has 0 spiro atoms. The van der Waals surface area contributed by atoms with Crippen LogP contribution in [-0.2, 0) is 13.2 Å². The maximum atomic E-state index is 6.13. The molecule has 172 valence electrons. The zero-order valence-corrected chi connectivity index (χ0v) is 19.2. The van der Waals surface area contributed by atoms with Crippen molar-refractivity contribution < 1.29 is 4.74 Å². The average molecular weight is 444 g/mol. The second-order valence-corrected chi connectivity index (χ2v) is 9.06. The van der Waals surface area contributed by atoms with E-state index in [1.54, 1.807) is 0 Å². The number of nitrogens with one attached hydrogen (secondary N) is 1. The largest absolute Gasteiger partial charge is 0.489 e. The van der Waals surface area contributed by atoms with Crippen LogP contribution in [0.25, 0.3) is 0 Å². The quantitative estimate of drug-likeness (QED) is 0.543. The minimum atomic E-state index is 0.377. The molecule has 3 aromatic rings. The lowest BCUT2D eigenvalue weighted by Crippen LogP contribution is -2.54. The van der Waals surface area contributed by atoms with Crippen LogP contribution in [0.15, 0.2) is 66.9 Å². The molecule has 2 aliphatic rings. The van der Waals surface area contributed by atoms with Gasteiger partial charge in [0, 0.05) is 44.5 Å². The van der Waals surface area contributed by atoms with Crippen molar-refractivity contribution >= 4 is 11.8 Å². The third-order valence-corrected chi connectivity index (χ3v) is 6.47. The minimum absolute atomic E-state index is 0.377. The zero-order chi connectivity index (χ0) is 22.3. The molecule has 33 heavy (non-hydrogen) atoms. The van der Waals surface area contributed by atoms with E-state index in [-0.39, 0.29) is 0 Å². The van der Waals surface area contributed by atoms with E-state index in [1.807, 2.05) is 36.5 Å². The van der Waals surface area contributed by atoms with Crippen molar-refractivity contribution in [1.82, 2.24) is 14.9 Å². The van der Waals surface area contributed by atoms with Crippen LogP contribution in [-0.4, -0.2) is 47.1 Å². The first-order valence-electron chi connectivity index (χ1n) is 12.1. The number of benzene rings is 2. The fourth-order valence-corrected chi connectivity index (χ4v) is 4.62. The molecule has 6 nitrogen and oxygen atoms in total. The van der Waals surface area contributed by atoms with Crippen molar-refractivity contribution in [2.45, 2.75) is 44.9 Å². The van der Waals surface area contributed by atoms with Gasteiger partial charge >= 0.3 is 0 Å². The van der Waals surface area contributed by atoms with Crippen LogP contribution in [0, 0.1) is 0 Å². The fraction of sp³-hybridized carbons (Fsp3) is 0.407. The Balaban J connectivity index is 1.13. The van der Waals surface area contributed by atoms with Crippen molar-refractivity contribution in [3.63, 3.8) is 0 Å². The Morgan fingerprint density at radius 3 is 2.45 bits per heavy atom. The van der Waals surface area contributed by atoms with E-state index in [1.165, 1.54) is 36.8 Å². The molecule has 0 bridgehead atoms. The highest BCUT2D eigenvalue weighted by molar-refractivity contribution is 5.43. The zero-order valence-electron chi connectivity index (χ0n) is 19.2. The highest BCUT2D eigenvalue weighted by atomic mass is 16.5. The van der Waals surface area contributed by atoms with Crippen molar-refractivity contribution in [3.8, 4) is 5.75 Å². The van der Waals surface area contributed by atoms with E-state index in [9.17, 15) is 0 Å². The third kappa shape index (κ3) is 5.82. The van der Waals surface area contributed by atoms with E-state index < -0.39 is 0 Å². The first kappa shape index (κ1) is 21.7. The summed E-state index contributed by atoms with van der Waals surface area (Å²) in [7, 11) is 0. The molecule has 1 N–H and O–H groups in total. The van der Waals surface area contributed by atoms with Crippen LogP contribution in [0.5, 0.6) is 5.75 Å². The molecule has 0 radical (unpaired) electrons. The molecule has 0 amide bonds. The Bertz CT molecular complexity index is 1010. The van der Waals surface area contributed by atoms with Crippen LogP contribution in [0.4, 0.5) is 11.8 Å². The Hall–Kier alpha value is -3.12. The number of ether oxygens (including phenoxy) is 1. The summed E-state index contributed by atoms with van der Waals surface area (Å²) in [5.74, 6) is 2.76. The average Bonchev–Trinajstić information content (AvgIpc) is 3.13. The van der Waals surface area contributed by atoms with E-state index in [0.717, 1.165) is 50.2 Å². The molecule has 0 atom stereocenters. The first-order chi connectivity index (χ1) is 16.3. The van der Waals surface area contributed by atoms with Gasteiger partial charge < -0.3 is 15.0 Å². The Kier molecular flexibility index (Phi) is 7.02. The molecule has 0 saturated carbocycles. The third-order valence-electron chi connectivity index (χ3n) is 6.47. The lowest BCUT2D eigenvalue weighted by atomic mass is 10.1. The predicted octanol–water partition coefficient (Wildman–Crippen LogP) is 4.73. The summed E-state index contributed by atoms with van der Waals surface area (Å²) in [6.07, 6.45) is 7.03. The van der Waals surface area contributed by atoms with Gasteiger partial charge in [-0.2, -0.15) is 4.98 Å². The Morgan fingerprint density at radius 1 is 0.879 bits per heavy atom. The number of rotatable bonds is 8. The summed E-state index contributed by atoms with van der Waals surface area (Å²) >= 11 is 0. The first-order valence-corrected chi connectivity index (χ1v) is 12.1. The van der Waals surface area contributed by atoms with Crippen molar-refractivity contribution in [3.05, 3.63) is 78.0 Å². The highest BCUT2D eigenvalue weighted by Gasteiger charge is 2.28. The second kappa shape index (κ2) is 10.7. The fourth-order valence-electron chi connectivity index (χ4n) is 4.62. The minimum Gasteiger partial charge on any atom is -0.489 e. The van der Waals surface area contributed by atoms with Crippen LogP contribution in [0.3, 0.4) is 0 Å². The molecular weight excluding hydrogens is 410 g/mol. The summed E-state index contributed by atoms with van der Waals surface area (Å²) in [5.41, 5.74) is 2.41. The number of hydrogen-bond donors (Lipinski definition) is 1. The van der Waals surface area contributed by atoms with Gasteiger partial charge in [0.2, 0.25) is 5.95 Å². The van der Waals surface area contributed by atoms with Crippen LogP contribution >= 0.6 is 0 Å². The van der Waals surface area contributed by atoms with Crippen LogP contribution in [0.1, 0.15) is 36.8 Å². The molecule has 6 heteroatoms. The number of nitrogens with zero attached hydrogens (tertiary/aromatic N) is 4. The second-order valence-electron chi connectivity index (χ2n) is 9.06. The molecule has 2 aromatic carbocycles. The normalized spacial score (nSPS) is 17.3. The molecule has 2 aliphatic heterocycles. The van der Waals surface area contributed by atoms with Gasteiger partial charge in [0.25, 0.3) is 0 Å². The SMILES string of the molecule is c1ccc(COc2ccccc2CN2CC(Nc3nccc(N4CCCCCC4)n3)C2)cc1. The molecule has 5 rings (SSSR count). The van der Waals surface area contributed by atoms with Crippen molar-refractivity contribution in [1.29, 1.82) is 0 Å². The maximum absolute atomic E-state index is 6.13. The maximum Gasteiger partial charge on any atom is 0.224 e. The number of aromatic nitrogens is 2. The number of anilines is 2. The summed E-state index contributed by atoms with van der Waals surface area (Å²) in [5, 5.41) is 3.53. The van der Waals surface area contributed by atoms with Gasteiger partial charge in [-0.15, -0.1) is 0 Å². The summed E-state index contributed by atoms with van der Waals surface area (Å²) in [6, 6.07) is 21.1. The van der Waals surface area contributed by atoms with Crippen LogP contribution < -0.4 is 15.0 Å². The summed E-state index contributed by atoms with van der Waals surface area (Å²) < 4.78 is 6.13. The van der Waals surface area contributed by atoms with E-state index in [4.69, 9.17) is 9.72 Å². The monoisotopic (exact) mass is 443 g/mol. The highest BCUT2D eigenvalue weighted by Crippen LogP contribution is 2.25. The van der Waals surface area contributed by atoms with Gasteiger partial charge in [-0.3, -0.25) is 4.90 Å². The van der Waals surface area contributed by atoms with E-state index in [2.05, 4.69) is 50.4 Å². The standard InChI is InChI=1S/C27H33N5O/c1-2-9-17-32(16-8-1)26-14-15-28-27(30-26)29-24-19-31(20-24)18-23-12-6-7-13-25(23)33-21-22-10-4-3-5-11-22/h3-7,10-15,24H,1-2,8-9,16-21H2,(H,28,29,30). The Labute approximate surface area is 196 Å². The molecule has 0 unspecified atom stereocenters. The van der Waals surface area contributed by atoms with Gasteiger partial charge in [0.05, 0.1) is 6.04 Å². The summed E-state index contributed by atoms with van der Waals surface area (Å²) in [4.78, 5) is 14.1. The van der Waals surface area contributed by atoms with Gasteiger partial charge in [-0.25, -0.2) is 4.98 Å². The van der Waals surface area contributed by atoms with Gasteiger partial charge in [-0.1, -0.05) is 61.4 Å².